The number of carboxylic acid groups (broad SMARTS) is 1. The third kappa shape index (κ3) is 5.61. The van der Waals surface area contributed by atoms with Crippen LogP contribution in [0, 0.1) is 0 Å². The lowest BCUT2D eigenvalue weighted by Crippen LogP contribution is -2.36. The Morgan fingerprint density at radius 2 is 2.03 bits per heavy atom. The minimum Gasteiger partial charge on any atom is -0.481 e. The van der Waals surface area contributed by atoms with E-state index in [1.54, 1.807) is 11.3 Å². The van der Waals surface area contributed by atoms with E-state index in [-0.39, 0.29) is 6.42 Å². The zero-order valence-electron chi connectivity index (χ0n) is 19.6. The van der Waals surface area contributed by atoms with Gasteiger partial charge in [0.15, 0.2) is 11.6 Å². The number of rotatable bonds is 11. The van der Waals surface area contributed by atoms with Gasteiger partial charge in [0.2, 0.25) is 0 Å². The molecule has 1 fully saturated rings. The van der Waals surface area contributed by atoms with Gasteiger partial charge in [0, 0.05) is 41.9 Å². The van der Waals surface area contributed by atoms with Crippen LogP contribution in [0.15, 0.2) is 30.5 Å². The molecule has 184 valence electrons. The van der Waals surface area contributed by atoms with Crippen molar-refractivity contribution in [2.45, 2.75) is 38.6 Å². The van der Waals surface area contributed by atoms with E-state index in [1.165, 1.54) is 4.88 Å². The maximum atomic E-state index is 10.6. The zero-order chi connectivity index (χ0) is 24.0. The molecule has 5 rings (SSSR count). The molecule has 0 unspecified atom stereocenters. The van der Waals surface area contributed by atoms with E-state index >= 15 is 0 Å². The molecule has 9 nitrogen and oxygen atoms in total. The fourth-order valence-corrected chi connectivity index (χ4v) is 5.50. The summed E-state index contributed by atoms with van der Waals surface area (Å²) in [6.07, 6.45) is 5.89. The largest absolute Gasteiger partial charge is 0.481 e. The number of anilines is 1. The number of carboxylic acids is 1. The number of carbonyl (C=O) groups is 1. The number of morpholine rings is 1. The Morgan fingerprint density at radius 1 is 1.17 bits per heavy atom. The summed E-state index contributed by atoms with van der Waals surface area (Å²) in [5.41, 5.74) is 2.91. The summed E-state index contributed by atoms with van der Waals surface area (Å²) in [5, 5.41) is 20.5. The van der Waals surface area contributed by atoms with E-state index in [1.807, 2.05) is 24.4 Å². The summed E-state index contributed by atoms with van der Waals surface area (Å²) in [6.45, 7) is 4.72. The van der Waals surface area contributed by atoms with Crippen molar-refractivity contribution >= 4 is 44.2 Å². The van der Waals surface area contributed by atoms with E-state index in [2.05, 4.69) is 26.5 Å². The van der Waals surface area contributed by atoms with Crippen LogP contribution in [0.1, 0.15) is 37.0 Å². The third-order valence-corrected chi connectivity index (χ3v) is 7.35. The lowest BCUT2D eigenvalue weighted by atomic mass is 10.1. The number of unbranched alkanes of at least 4 members (excludes halogenated alkanes) is 3. The lowest BCUT2D eigenvalue weighted by molar-refractivity contribution is -0.137. The van der Waals surface area contributed by atoms with Crippen LogP contribution in [0.25, 0.3) is 32.5 Å². The van der Waals surface area contributed by atoms with Gasteiger partial charge >= 0.3 is 5.97 Å². The molecule has 0 bridgehead atoms. The summed E-state index contributed by atoms with van der Waals surface area (Å²) in [5.74, 6) is 0.977. The minimum absolute atomic E-state index is 0.263. The van der Waals surface area contributed by atoms with Crippen LogP contribution < -0.4 is 10.2 Å². The smallest absolute Gasteiger partial charge is 0.303 e. The molecule has 0 spiro atoms. The van der Waals surface area contributed by atoms with Gasteiger partial charge in [-0.05, 0) is 31.5 Å². The van der Waals surface area contributed by atoms with E-state index in [4.69, 9.17) is 19.8 Å². The summed E-state index contributed by atoms with van der Waals surface area (Å²) < 4.78 is 6.69. The third-order valence-electron chi connectivity index (χ3n) is 6.23. The normalized spacial score (nSPS) is 14.2. The van der Waals surface area contributed by atoms with Crippen LogP contribution in [-0.4, -0.2) is 64.1 Å². The zero-order valence-corrected chi connectivity index (χ0v) is 20.4. The number of ether oxygens (including phenoxy) is 1. The number of aliphatic carboxylic acids is 1. The molecule has 3 aromatic heterocycles. The molecular formula is C25H30N6O3S. The number of H-pyrrole nitrogens is 1. The second kappa shape index (κ2) is 11.1. The van der Waals surface area contributed by atoms with Crippen molar-refractivity contribution in [3.05, 3.63) is 35.3 Å². The predicted octanol–water partition coefficient (Wildman–Crippen LogP) is 4.20. The summed E-state index contributed by atoms with van der Waals surface area (Å²) >= 11 is 1.75. The predicted molar refractivity (Wildman–Crippen MR) is 138 cm³/mol. The molecular weight excluding hydrogens is 464 g/mol. The molecule has 1 aromatic carbocycles. The molecule has 0 aliphatic carbocycles. The number of benzene rings is 1. The Kier molecular flexibility index (Phi) is 7.51. The maximum Gasteiger partial charge on any atom is 0.303 e. The van der Waals surface area contributed by atoms with Crippen LogP contribution in [0.4, 0.5) is 5.82 Å². The van der Waals surface area contributed by atoms with Crippen LogP contribution in [-0.2, 0) is 16.1 Å². The van der Waals surface area contributed by atoms with Gasteiger partial charge in [-0.1, -0.05) is 25.0 Å². The number of hydrogen-bond donors (Lipinski definition) is 3. The monoisotopic (exact) mass is 494 g/mol. The van der Waals surface area contributed by atoms with Crippen molar-refractivity contribution in [2.24, 2.45) is 0 Å². The number of nitrogens with one attached hydrogen (secondary N) is 2. The molecule has 35 heavy (non-hydrogen) atoms. The number of thiophene rings is 1. The second-order valence-corrected chi connectivity index (χ2v) is 9.91. The minimum atomic E-state index is -0.711. The van der Waals surface area contributed by atoms with Gasteiger partial charge in [0.05, 0.1) is 35.1 Å². The molecule has 4 heterocycles. The van der Waals surface area contributed by atoms with Gasteiger partial charge in [-0.25, -0.2) is 9.97 Å². The molecule has 0 radical (unpaired) electrons. The van der Waals surface area contributed by atoms with E-state index < -0.39 is 5.97 Å². The Bertz CT molecular complexity index is 1300. The highest BCUT2D eigenvalue weighted by Crippen LogP contribution is 2.35. The van der Waals surface area contributed by atoms with Crippen molar-refractivity contribution in [2.75, 3.05) is 37.7 Å². The first kappa shape index (κ1) is 23.7. The summed E-state index contributed by atoms with van der Waals surface area (Å²) in [4.78, 5) is 24.2. The first-order chi connectivity index (χ1) is 17.2. The molecule has 0 saturated carbocycles. The average molecular weight is 495 g/mol. The second-order valence-electron chi connectivity index (χ2n) is 8.77. The standard InChI is InChI=1S/C25H30N6O3S/c32-22(33)8-3-1-2-4-9-26-15-17-14-21-23(35-17)25(31-10-12-34-13-11-31)29-24(28-21)18-6-5-7-20-19(18)16-27-30-20/h5-7,14,16,26H,1-4,8-13,15H2,(H,27,30)(H,32,33). The number of hydrogen-bond acceptors (Lipinski definition) is 8. The molecule has 10 heteroatoms. The summed E-state index contributed by atoms with van der Waals surface area (Å²) in [6, 6.07) is 8.23. The Morgan fingerprint density at radius 3 is 2.89 bits per heavy atom. The van der Waals surface area contributed by atoms with E-state index in [9.17, 15) is 4.79 Å². The fourth-order valence-electron chi connectivity index (χ4n) is 4.42. The van der Waals surface area contributed by atoms with Gasteiger partial charge in [-0.2, -0.15) is 5.10 Å². The Labute approximate surface area is 207 Å². The Hall–Kier alpha value is -3.08. The quantitative estimate of drug-likeness (QED) is 0.266. The van der Waals surface area contributed by atoms with Crippen molar-refractivity contribution in [3.8, 4) is 11.4 Å². The average Bonchev–Trinajstić information content (AvgIpc) is 3.52. The first-order valence-electron chi connectivity index (χ1n) is 12.2. The molecule has 1 aliphatic rings. The molecule has 0 atom stereocenters. The van der Waals surface area contributed by atoms with Gasteiger partial charge in [-0.15, -0.1) is 11.3 Å². The Balaban J connectivity index is 1.34. The van der Waals surface area contributed by atoms with Gasteiger partial charge in [0.1, 0.15) is 0 Å². The van der Waals surface area contributed by atoms with Gasteiger partial charge in [0.25, 0.3) is 0 Å². The van der Waals surface area contributed by atoms with Crippen molar-refractivity contribution in [1.29, 1.82) is 0 Å². The highest BCUT2D eigenvalue weighted by Gasteiger charge is 2.21. The molecule has 1 saturated heterocycles. The maximum absolute atomic E-state index is 10.6. The number of fused-ring (bicyclic) bond motifs is 2. The van der Waals surface area contributed by atoms with Crippen molar-refractivity contribution in [1.82, 2.24) is 25.5 Å². The molecule has 3 N–H and O–H groups in total. The lowest BCUT2D eigenvalue weighted by Gasteiger charge is -2.28. The van der Waals surface area contributed by atoms with Gasteiger partial charge in [-0.3, -0.25) is 9.89 Å². The van der Waals surface area contributed by atoms with Crippen LogP contribution in [0.5, 0.6) is 0 Å². The number of aromatic nitrogens is 4. The van der Waals surface area contributed by atoms with Crippen molar-refractivity contribution in [3.63, 3.8) is 0 Å². The molecule has 4 aromatic rings. The number of aromatic amines is 1. The van der Waals surface area contributed by atoms with E-state index in [0.29, 0.717) is 19.0 Å². The molecule has 1 aliphatic heterocycles. The van der Waals surface area contributed by atoms with E-state index in [0.717, 1.165) is 84.4 Å². The first-order valence-corrected chi connectivity index (χ1v) is 13.0. The van der Waals surface area contributed by atoms with Gasteiger partial charge < -0.3 is 20.1 Å². The fraction of sp³-hybridized carbons (Fsp3) is 0.440. The van der Waals surface area contributed by atoms with Crippen LogP contribution in [0.2, 0.25) is 0 Å². The highest BCUT2D eigenvalue weighted by molar-refractivity contribution is 7.19. The topological polar surface area (TPSA) is 116 Å². The highest BCUT2D eigenvalue weighted by atomic mass is 32.1. The van der Waals surface area contributed by atoms with Crippen molar-refractivity contribution < 1.29 is 14.6 Å². The van der Waals surface area contributed by atoms with Crippen LogP contribution >= 0.6 is 11.3 Å². The number of nitrogens with zero attached hydrogens (tertiary/aromatic N) is 4. The summed E-state index contributed by atoms with van der Waals surface area (Å²) in [7, 11) is 0. The van der Waals surface area contributed by atoms with Crippen LogP contribution in [0.3, 0.4) is 0 Å². The molecule has 0 amide bonds. The SMILES string of the molecule is O=C(O)CCCCCCNCc1cc2nc(-c3cccc4[nH]ncc34)nc(N3CCOCC3)c2s1.